The number of ether oxygens (including phenoxy) is 2. The zero-order valence-electron chi connectivity index (χ0n) is 21.8. The van der Waals surface area contributed by atoms with Gasteiger partial charge in [-0.2, -0.15) is 0 Å². The first-order valence-corrected chi connectivity index (χ1v) is 14.5. The summed E-state index contributed by atoms with van der Waals surface area (Å²) < 4.78 is 27.1. The Morgan fingerprint density at radius 3 is 1.88 bits per heavy atom. The molecule has 1 spiro atoms. The van der Waals surface area contributed by atoms with Crippen LogP contribution >= 0.6 is 0 Å². The van der Waals surface area contributed by atoms with Crippen LogP contribution in [0.2, 0.25) is 0 Å². The highest BCUT2D eigenvalue weighted by Gasteiger charge is 2.40. The van der Waals surface area contributed by atoms with Crippen molar-refractivity contribution >= 4 is 0 Å². The molecular formula is C31H47FO2. The molecule has 0 aromatic heterocycles. The van der Waals surface area contributed by atoms with Crippen molar-refractivity contribution in [3.05, 3.63) is 34.6 Å². The van der Waals surface area contributed by atoms with Crippen LogP contribution in [0.3, 0.4) is 0 Å². The lowest BCUT2D eigenvalue weighted by molar-refractivity contribution is -0.182. The highest BCUT2D eigenvalue weighted by molar-refractivity contribution is 5.33. The Labute approximate surface area is 207 Å². The predicted octanol–water partition coefficient (Wildman–Crippen LogP) is 8.18. The second-order valence-corrected chi connectivity index (χ2v) is 12.5. The van der Waals surface area contributed by atoms with Crippen LogP contribution < -0.4 is 0 Å². The molecule has 5 rings (SSSR count). The first-order chi connectivity index (χ1) is 16.5. The topological polar surface area (TPSA) is 18.5 Å². The molecule has 0 radical (unpaired) electrons. The summed E-state index contributed by atoms with van der Waals surface area (Å²) in [7, 11) is 0. The van der Waals surface area contributed by atoms with Crippen molar-refractivity contribution in [3.8, 4) is 0 Å². The number of halogens is 1. The summed E-state index contributed by atoms with van der Waals surface area (Å²) in [5, 5.41) is 0. The van der Waals surface area contributed by atoms with E-state index in [2.05, 4.69) is 19.1 Å². The molecule has 0 atom stereocenters. The maximum Gasteiger partial charge on any atom is 0.168 e. The Bertz CT molecular complexity index is 788. The van der Waals surface area contributed by atoms with Gasteiger partial charge in [0.1, 0.15) is 5.82 Å². The van der Waals surface area contributed by atoms with Crippen LogP contribution in [0, 0.1) is 42.3 Å². The van der Waals surface area contributed by atoms with Gasteiger partial charge >= 0.3 is 0 Å². The molecule has 3 saturated carbocycles. The largest absolute Gasteiger partial charge is 0.348 e. The Morgan fingerprint density at radius 1 is 0.735 bits per heavy atom. The fraction of sp³-hybridized carbons (Fsp3) is 0.806. The van der Waals surface area contributed by atoms with Crippen molar-refractivity contribution < 1.29 is 13.9 Å². The molecule has 34 heavy (non-hydrogen) atoms. The van der Waals surface area contributed by atoms with Gasteiger partial charge in [0.05, 0.1) is 13.2 Å². The molecule has 1 heterocycles. The van der Waals surface area contributed by atoms with Crippen LogP contribution in [0.25, 0.3) is 0 Å². The average Bonchev–Trinajstić information content (AvgIpc) is 3.31. The van der Waals surface area contributed by atoms with Crippen molar-refractivity contribution in [3.63, 3.8) is 0 Å². The second kappa shape index (κ2) is 11.0. The van der Waals surface area contributed by atoms with E-state index in [1.807, 2.05) is 6.92 Å². The summed E-state index contributed by atoms with van der Waals surface area (Å²) in [5.41, 5.74) is 3.06. The fourth-order valence-electron chi connectivity index (χ4n) is 7.60. The van der Waals surface area contributed by atoms with Crippen molar-refractivity contribution in [2.75, 3.05) is 13.2 Å². The summed E-state index contributed by atoms with van der Waals surface area (Å²) in [4.78, 5) is 0. The minimum absolute atomic E-state index is 0.0747. The minimum Gasteiger partial charge on any atom is -0.348 e. The highest BCUT2D eigenvalue weighted by Crippen LogP contribution is 2.41. The lowest BCUT2D eigenvalue weighted by atomic mass is 9.72. The molecule has 0 bridgehead atoms. The van der Waals surface area contributed by atoms with Gasteiger partial charge in [0.25, 0.3) is 0 Å². The molecule has 1 aromatic rings. The molecular weight excluding hydrogens is 423 g/mol. The summed E-state index contributed by atoms with van der Waals surface area (Å²) >= 11 is 0. The van der Waals surface area contributed by atoms with E-state index in [1.54, 1.807) is 0 Å². The van der Waals surface area contributed by atoms with Gasteiger partial charge < -0.3 is 9.47 Å². The summed E-state index contributed by atoms with van der Waals surface area (Å²) in [6, 6.07) is 4.34. The third kappa shape index (κ3) is 5.89. The molecule has 1 aliphatic heterocycles. The highest BCUT2D eigenvalue weighted by atomic mass is 19.1. The van der Waals surface area contributed by atoms with Gasteiger partial charge in [0, 0.05) is 12.8 Å². The molecule has 3 heteroatoms. The van der Waals surface area contributed by atoms with Gasteiger partial charge in [-0.1, -0.05) is 57.6 Å². The Morgan fingerprint density at radius 2 is 1.24 bits per heavy atom. The number of hydrogen-bond acceptors (Lipinski definition) is 2. The van der Waals surface area contributed by atoms with Gasteiger partial charge in [-0.25, -0.2) is 4.39 Å². The third-order valence-electron chi connectivity index (χ3n) is 10.0. The number of rotatable bonds is 6. The molecule has 190 valence electrons. The number of hydrogen-bond donors (Lipinski definition) is 0. The molecule has 3 aliphatic carbocycles. The zero-order valence-corrected chi connectivity index (χ0v) is 21.8. The van der Waals surface area contributed by atoms with E-state index < -0.39 is 0 Å². The van der Waals surface area contributed by atoms with E-state index in [0.29, 0.717) is 11.8 Å². The van der Waals surface area contributed by atoms with E-state index in [1.165, 1.54) is 63.4 Å². The number of benzene rings is 1. The molecule has 0 N–H and O–H groups in total. The predicted molar refractivity (Wildman–Crippen MR) is 136 cm³/mol. The van der Waals surface area contributed by atoms with Crippen LogP contribution in [0.4, 0.5) is 4.39 Å². The van der Waals surface area contributed by atoms with Crippen LogP contribution in [0.5, 0.6) is 0 Å². The quantitative estimate of drug-likeness (QED) is 0.417. The normalized spacial score (nSPS) is 32.3. The zero-order chi connectivity index (χ0) is 23.5. The smallest absolute Gasteiger partial charge is 0.168 e. The monoisotopic (exact) mass is 470 g/mol. The molecule has 1 aromatic carbocycles. The molecule has 2 nitrogen and oxygen atoms in total. The van der Waals surface area contributed by atoms with Crippen molar-refractivity contribution in [1.82, 2.24) is 0 Å². The van der Waals surface area contributed by atoms with Crippen molar-refractivity contribution in [1.29, 1.82) is 0 Å². The molecule has 4 aliphatic rings. The van der Waals surface area contributed by atoms with E-state index in [4.69, 9.17) is 9.47 Å². The lowest BCUT2D eigenvalue weighted by Gasteiger charge is -2.35. The fourth-order valence-corrected chi connectivity index (χ4v) is 7.60. The van der Waals surface area contributed by atoms with Gasteiger partial charge in [-0.3, -0.25) is 0 Å². The van der Waals surface area contributed by atoms with Crippen LogP contribution in [0.1, 0.15) is 107 Å². The third-order valence-corrected chi connectivity index (χ3v) is 10.0. The van der Waals surface area contributed by atoms with Crippen molar-refractivity contribution in [2.24, 2.45) is 29.6 Å². The SMILES string of the molecule is Cc1c(CC2CCC3(CC2)OCCO3)ccc(CC2CCC(CC3CCC(C)CC3)CC2)c1F. The van der Waals surface area contributed by atoms with Gasteiger partial charge in [0.15, 0.2) is 5.79 Å². The summed E-state index contributed by atoms with van der Waals surface area (Å²) in [5.74, 6) is 3.93. The summed E-state index contributed by atoms with van der Waals surface area (Å²) in [6.07, 6.45) is 18.7. The molecule has 0 unspecified atom stereocenters. The Kier molecular flexibility index (Phi) is 8.00. The first kappa shape index (κ1) is 24.8. The maximum absolute atomic E-state index is 15.4. The Balaban J connectivity index is 1.09. The lowest BCUT2D eigenvalue weighted by Crippen LogP contribution is -2.35. The maximum atomic E-state index is 15.4. The second-order valence-electron chi connectivity index (χ2n) is 12.5. The van der Waals surface area contributed by atoms with Gasteiger partial charge in [0.2, 0.25) is 0 Å². The standard InChI is InChI=1S/C31H47FO2/c1-22-3-5-24(6-4-22)19-25-7-9-26(10-8-25)21-29-12-11-28(23(2)30(29)32)20-27-13-15-31(16-14-27)33-17-18-34-31/h11-12,22,24-27H,3-10,13-21H2,1-2H3. The van der Waals surface area contributed by atoms with E-state index in [9.17, 15) is 0 Å². The van der Waals surface area contributed by atoms with E-state index in [0.717, 1.165) is 80.6 Å². The van der Waals surface area contributed by atoms with E-state index in [-0.39, 0.29) is 11.6 Å². The van der Waals surface area contributed by atoms with Gasteiger partial charge in [-0.15, -0.1) is 0 Å². The van der Waals surface area contributed by atoms with Gasteiger partial charge in [-0.05, 0) is 98.1 Å². The summed E-state index contributed by atoms with van der Waals surface area (Å²) in [6.45, 7) is 5.89. The van der Waals surface area contributed by atoms with Crippen LogP contribution in [-0.2, 0) is 22.3 Å². The van der Waals surface area contributed by atoms with Crippen molar-refractivity contribution in [2.45, 2.75) is 116 Å². The Hall–Kier alpha value is -0.930. The van der Waals surface area contributed by atoms with Crippen LogP contribution in [0.15, 0.2) is 12.1 Å². The molecule has 4 fully saturated rings. The minimum atomic E-state index is -0.297. The van der Waals surface area contributed by atoms with Crippen LogP contribution in [-0.4, -0.2) is 19.0 Å². The molecule has 0 amide bonds. The molecule has 1 saturated heterocycles. The average molecular weight is 471 g/mol. The first-order valence-electron chi connectivity index (χ1n) is 14.5. The van der Waals surface area contributed by atoms with E-state index >= 15 is 4.39 Å².